The molecular formula is C33H43Cl2N3O7S. The van der Waals surface area contributed by atoms with Crippen molar-refractivity contribution in [3.8, 4) is 0 Å². The predicted molar refractivity (Wildman–Crippen MR) is 179 cm³/mol. The molecule has 1 heterocycles. The molecule has 13 heteroatoms. The molecule has 2 N–H and O–H groups in total. The Labute approximate surface area is 281 Å². The molecule has 2 aromatic carbocycles. The molecule has 4 rings (SSSR count). The van der Waals surface area contributed by atoms with Crippen LogP contribution in [0, 0.1) is 5.41 Å². The molecule has 0 spiro atoms. The van der Waals surface area contributed by atoms with Gasteiger partial charge >= 0.3 is 5.97 Å². The van der Waals surface area contributed by atoms with E-state index in [1.54, 1.807) is 42.5 Å². The number of morpholine rings is 1. The third-order valence-electron chi connectivity index (χ3n) is 8.65. The summed E-state index contributed by atoms with van der Waals surface area (Å²) in [4.78, 5) is 42.2. The Morgan fingerprint density at radius 3 is 2.28 bits per heavy atom. The van der Waals surface area contributed by atoms with Crippen LogP contribution in [0.25, 0.3) is 0 Å². The van der Waals surface area contributed by atoms with Crippen molar-refractivity contribution in [3.63, 3.8) is 0 Å². The molecule has 1 saturated heterocycles. The highest BCUT2D eigenvalue weighted by molar-refractivity contribution is 7.90. The van der Waals surface area contributed by atoms with E-state index < -0.39 is 33.2 Å². The molecule has 0 bridgehead atoms. The fourth-order valence-corrected chi connectivity index (χ4v) is 7.34. The number of carbonyl (C=O) groups is 3. The van der Waals surface area contributed by atoms with Gasteiger partial charge in [-0.1, -0.05) is 60.7 Å². The first-order valence-corrected chi connectivity index (χ1v) is 18.6. The summed E-state index contributed by atoms with van der Waals surface area (Å²) < 4.78 is 34.3. The van der Waals surface area contributed by atoms with Gasteiger partial charge < -0.3 is 20.1 Å². The number of carbonyl (C=O) groups excluding carboxylic acids is 3. The third-order valence-corrected chi connectivity index (χ3v) is 10.3. The molecule has 46 heavy (non-hydrogen) atoms. The topological polar surface area (TPSA) is 131 Å². The summed E-state index contributed by atoms with van der Waals surface area (Å²) >= 11 is 12.4. The summed E-state index contributed by atoms with van der Waals surface area (Å²) in [6.07, 6.45) is 6.28. The lowest BCUT2D eigenvalue weighted by molar-refractivity contribution is -0.150. The number of ether oxygens (including phenoxy) is 2. The molecule has 2 aromatic rings. The maximum Gasteiger partial charge on any atom is 0.329 e. The quantitative estimate of drug-likeness (QED) is 0.198. The third kappa shape index (κ3) is 10.7. The van der Waals surface area contributed by atoms with Gasteiger partial charge in [0, 0.05) is 49.2 Å². The second kappa shape index (κ2) is 16.9. The van der Waals surface area contributed by atoms with Crippen LogP contribution in [0.1, 0.15) is 60.9 Å². The number of rotatable bonds is 15. The molecule has 2 amide bonds. The van der Waals surface area contributed by atoms with Crippen LogP contribution in [-0.4, -0.2) is 88.6 Å². The van der Waals surface area contributed by atoms with Crippen LogP contribution in [0.4, 0.5) is 5.69 Å². The van der Waals surface area contributed by atoms with E-state index in [1.165, 1.54) is 6.26 Å². The molecule has 1 unspecified atom stereocenters. The molecule has 0 radical (unpaired) electrons. The van der Waals surface area contributed by atoms with Crippen molar-refractivity contribution in [3.05, 3.63) is 63.6 Å². The minimum absolute atomic E-state index is 0.0880. The molecule has 1 aliphatic carbocycles. The lowest BCUT2D eigenvalue weighted by Gasteiger charge is -2.30. The van der Waals surface area contributed by atoms with Crippen molar-refractivity contribution in [1.82, 2.24) is 10.2 Å². The summed E-state index contributed by atoms with van der Waals surface area (Å²) in [6.45, 7) is 3.58. The summed E-state index contributed by atoms with van der Waals surface area (Å²) in [5.41, 5.74) is 0.808. The van der Waals surface area contributed by atoms with Gasteiger partial charge in [-0.15, -0.1) is 0 Å². The van der Waals surface area contributed by atoms with Crippen molar-refractivity contribution < 1.29 is 32.3 Å². The molecule has 0 aromatic heterocycles. The van der Waals surface area contributed by atoms with Crippen LogP contribution < -0.4 is 10.6 Å². The normalized spacial score (nSPS) is 17.3. The zero-order valence-corrected chi connectivity index (χ0v) is 28.5. The zero-order valence-electron chi connectivity index (χ0n) is 26.2. The molecule has 1 saturated carbocycles. The number of hydrogen-bond donors (Lipinski definition) is 2. The number of esters is 1. The Bertz CT molecular complexity index is 1440. The Kier molecular flexibility index (Phi) is 13.3. The van der Waals surface area contributed by atoms with Crippen molar-refractivity contribution in [2.24, 2.45) is 5.41 Å². The number of hydrogen-bond acceptors (Lipinski definition) is 8. The number of halogens is 2. The van der Waals surface area contributed by atoms with Gasteiger partial charge in [0.1, 0.15) is 22.5 Å². The Morgan fingerprint density at radius 2 is 1.65 bits per heavy atom. The van der Waals surface area contributed by atoms with Crippen molar-refractivity contribution >= 4 is 56.5 Å². The lowest BCUT2D eigenvalue weighted by Crippen LogP contribution is -2.49. The molecule has 252 valence electrons. The fraction of sp³-hybridized carbons (Fsp3) is 0.545. The minimum Gasteiger partial charge on any atom is -0.463 e. The zero-order chi connectivity index (χ0) is 33.2. The van der Waals surface area contributed by atoms with Gasteiger partial charge in [0.15, 0.2) is 0 Å². The van der Waals surface area contributed by atoms with E-state index in [-0.39, 0.29) is 40.3 Å². The van der Waals surface area contributed by atoms with Gasteiger partial charge in [0.2, 0.25) is 5.91 Å². The number of unbranched alkanes of at least 4 members (excludes halogenated alkanes) is 1. The largest absolute Gasteiger partial charge is 0.463 e. The summed E-state index contributed by atoms with van der Waals surface area (Å²) in [6, 6.07) is 10.9. The van der Waals surface area contributed by atoms with Crippen LogP contribution in [0.15, 0.2) is 42.5 Å². The maximum atomic E-state index is 13.8. The standard InChI is InChI=1S/C33H43Cl2N3O7S/c1-46(42,43)22-5-4-15-33(13-2-3-14-33)32(41)37-28(31(40)45-21-18-38-16-19-44-20-17-38)23-24-9-11-25(12-10-24)36-30(39)29-26(34)7-6-8-27(29)35/h6-12,28H,2-5,13-23H2,1H3,(H,36,39)(H,37,41). The number of nitrogens with zero attached hydrogens (tertiary/aromatic N) is 1. The Balaban J connectivity index is 1.43. The summed E-state index contributed by atoms with van der Waals surface area (Å²) in [7, 11) is -3.08. The first-order chi connectivity index (χ1) is 22.0. The maximum absolute atomic E-state index is 13.8. The summed E-state index contributed by atoms with van der Waals surface area (Å²) in [5.74, 6) is -1.07. The highest BCUT2D eigenvalue weighted by Gasteiger charge is 2.42. The number of benzene rings is 2. The van der Waals surface area contributed by atoms with Gasteiger partial charge in [0.05, 0.1) is 28.8 Å². The minimum atomic E-state index is -3.08. The van der Waals surface area contributed by atoms with Gasteiger partial charge in [-0.2, -0.15) is 0 Å². The highest BCUT2D eigenvalue weighted by atomic mass is 35.5. The molecule has 1 aliphatic heterocycles. The number of amides is 2. The molecule has 1 atom stereocenters. The average molecular weight is 697 g/mol. The Morgan fingerprint density at radius 1 is 1.00 bits per heavy atom. The Hall–Kier alpha value is -2.70. The van der Waals surface area contributed by atoms with E-state index >= 15 is 0 Å². The first kappa shape index (κ1) is 36.1. The van der Waals surface area contributed by atoms with Gasteiger partial charge in [0.25, 0.3) is 5.91 Å². The fourth-order valence-electron chi connectivity index (χ4n) is 6.04. The van der Waals surface area contributed by atoms with E-state index in [4.69, 9.17) is 32.7 Å². The van der Waals surface area contributed by atoms with Gasteiger partial charge in [-0.05, 0) is 55.5 Å². The predicted octanol–water partition coefficient (Wildman–Crippen LogP) is 4.92. The number of sulfone groups is 1. The van der Waals surface area contributed by atoms with Crippen LogP contribution in [0.3, 0.4) is 0 Å². The van der Waals surface area contributed by atoms with Crippen LogP contribution >= 0.6 is 23.2 Å². The molecule has 10 nitrogen and oxygen atoms in total. The molecule has 2 aliphatic rings. The molecule has 2 fully saturated rings. The smallest absolute Gasteiger partial charge is 0.329 e. The second-order valence-electron chi connectivity index (χ2n) is 12.2. The first-order valence-electron chi connectivity index (χ1n) is 15.8. The number of anilines is 1. The lowest BCUT2D eigenvalue weighted by atomic mass is 9.80. The number of nitrogens with one attached hydrogen (secondary N) is 2. The second-order valence-corrected chi connectivity index (χ2v) is 15.2. The highest BCUT2D eigenvalue weighted by Crippen LogP contribution is 2.42. The van der Waals surface area contributed by atoms with Crippen molar-refractivity contribution in [2.75, 3.05) is 56.8 Å². The van der Waals surface area contributed by atoms with E-state index in [2.05, 4.69) is 15.5 Å². The van der Waals surface area contributed by atoms with Gasteiger partial charge in [-0.25, -0.2) is 13.2 Å². The van der Waals surface area contributed by atoms with E-state index in [0.717, 1.165) is 31.5 Å². The van der Waals surface area contributed by atoms with Crippen molar-refractivity contribution in [2.45, 2.75) is 57.4 Å². The molecular weight excluding hydrogens is 653 g/mol. The average Bonchev–Trinajstić information content (AvgIpc) is 3.50. The van der Waals surface area contributed by atoms with E-state index in [0.29, 0.717) is 57.6 Å². The van der Waals surface area contributed by atoms with Crippen molar-refractivity contribution in [1.29, 1.82) is 0 Å². The summed E-state index contributed by atoms with van der Waals surface area (Å²) in [5, 5.41) is 6.28. The van der Waals surface area contributed by atoms with Crippen LogP contribution in [0.5, 0.6) is 0 Å². The van der Waals surface area contributed by atoms with E-state index in [9.17, 15) is 22.8 Å². The van der Waals surface area contributed by atoms with Crippen LogP contribution in [0.2, 0.25) is 10.0 Å². The SMILES string of the molecule is CS(=O)(=O)CCCCC1(C(=O)NC(Cc2ccc(NC(=O)c3c(Cl)cccc3Cl)cc2)C(=O)OCCN2CCOCC2)CCCC1. The monoisotopic (exact) mass is 695 g/mol. The van der Waals surface area contributed by atoms with Crippen LogP contribution in [-0.2, 0) is 35.3 Å². The van der Waals surface area contributed by atoms with Gasteiger partial charge in [-0.3, -0.25) is 14.5 Å². The van der Waals surface area contributed by atoms with E-state index in [1.807, 2.05) is 0 Å².